The lowest BCUT2D eigenvalue weighted by Crippen LogP contribution is -2.22. The highest BCUT2D eigenvalue weighted by atomic mass is 35.5. The number of carboxylic acids is 1. The fourth-order valence-electron chi connectivity index (χ4n) is 2.44. The molecule has 3 aromatic rings. The zero-order chi connectivity index (χ0) is 21.0. The van der Waals surface area contributed by atoms with E-state index in [2.05, 4.69) is 10.4 Å². The predicted molar refractivity (Wildman–Crippen MR) is 102 cm³/mol. The summed E-state index contributed by atoms with van der Waals surface area (Å²) in [6.07, 6.45) is 1.25. The normalized spacial score (nSPS) is 10.4. The van der Waals surface area contributed by atoms with Crippen LogP contribution in [0.25, 0.3) is 0 Å². The van der Waals surface area contributed by atoms with E-state index in [1.165, 1.54) is 24.4 Å². The third-order valence-electron chi connectivity index (χ3n) is 3.66. The topological polar surface area (TPSA) is 137 Å². The number of hydrogen-bond donors (Lipinski definition) is 2. The number of anilines is 1. The fraction of sp³-hybridized carbons (Fsp3) is 0.0556. The van der Waals surface area contributed by atoms with E-state index in [9.17, 15) is 19.7 Å². The van der Waals surface area contributed by atoms with Crippen LogP contribution in [-0.4, -0.2) is 31.7 Å². The van der Waals surface area contributed by atoms with E-state index in [0.29, 0.717) is 10.8 Å². The van der Waals surface area contributed by atoms with Crippen LogP contribution in [-0.2, 0) is 11.3 Å². The molecule has 2 aromatic carbocycles. The van der Waals surface area contributed by atoms with Gasteiger partial charge in [0, 0.05) is 23.4 Å². The smallest absolute Gasteiger partial charge is 0.354 e. The van der Waals surface area contributed by atoms with E-state index in [1.54, 1.807) is 24.3 Å². The summed E-state index contributed by atoms with van der Waals surface area (Å²) in [5, 5.41) is 27.0. The molecule has 0 aliphatic carbocycles. The molecule has 3 rings (SSSR count). The number of nitro benzene ring substituents is 1. The zero-order valence-corrected chi connectivity index (χ0v) is 15.4. The summed E-state index contributed by atoms with van der Waals surface area (Å²) in [7, 11) is 0. The number of non-ortho nitro benzene ring substituents is 1. The van der Waals surface area contributed by atoms with Gasteiger partial charge < -0.3 is 15.2 Å². The van der Waals surface area contributed by atoms with E-state index >= 15 is 0 Å². The highest BCUT2D eigenvalue weighted by Crippen LogP contribution is 2.30. The molecule has 0 saturated heterocycles. The average molecular weight is 417 g/mol. The number of aromatic carboxylic acids is 1. The lowest BCUT2D eigenvalue weighted by molar-refractivity contribution is -0.384. The van der Waals surface area contributed by atoms with Gasteiger partial charge in [0.2, 0.25) is 5.91 Å². The number of nitro groups is 1. The molecule has 0 atom stereocenters. The lowest BCUT2D eigenvalue weighted by atomic mass is 10.2. The molecule has 0 aliphatic heterocycles. The summed E-state index contributed by atoms with van der Waals surface area (Å²) in [6, 6.07) is 11.4. The Labute approximate surface area is 168 Å². The quantitative estimate of drug-likeness (QED) is 0.443. The number of amides is 1. The number of aromatic nitrogens is 2. The maximum atomic E-state index is 12.3. The number of nitrogens with zero attached hydrogens (tertiary/aromatic N) is 3. The van der Waals surface area contributed by atoms with Crippen LogP contribution in [0.4, 0.5) is 11.4 Å². The summed E-state index contributed by atoms with van der Waals surface area (Å²) in [5.74, 6) is -1.32. The number of hydrogen-bond acceptors (Lipinski definition) is 6. The molecule has 148 valence electrons. The van der Waals surface area contributed by atoms with Gasteiger partial charge in [-0.15, -0.1) is 0 Å². The Morgan fingerprint density at radius 3 is 2.55 bits per heavy atom. The Morgan fingerprint density at radius 2 is 1.90 bits per heavy atom. The van der Waals surface area contributed by atoms with Crippen LogP contribution in [0.15, 0.2) is 54.7 Å². The second kappa shape index (κ2) is 8.40. The molecule has 0 saturated carbocycles. The van der Waals surface area contributed by atoms with Crippen molar-refractivity contribution in [3.63, 3.8) is 0 Å². The van der Waals surface area contributed by atoms with Crippen LogP contribution in [0, 0.1) is 10.1 Å². The van der Waals surface area contributed by atoms with Crippen molar-refractivity contribution in [3.8, 4) is 11.5 Å². The van der Waals surface area contributed by atoms with Crippen molar-refractivity contribution in [2.75, 3.05) is 5.32 Å². The van der Waals surface area contributed by atoms with E-state index < -0.39 is 16.8 Å². The van der Waals surface area contributed by atoms with Crippen LogP contribution in [0.3, 0.4) is 0 Å². The van der Waals surface area contributed by atoms with E-state index in [-0.39, 0.29) is 29.4 Å². The molecule has 11 heteroatoms. The minimum absolute atomic E-state index is 0.109. The molecule has 0 spiro atoms. The van der Waals surface area contributed by atoms with Gasteiger partial charge in [0.1, 0.15) is 23.7 Å². The van der Waals surface area contributed by atoms with Crippen LogP contribution in [0.2, 0.25) is 5.02 Å². The Kier molecular flexibility index (Phi) is 5.74. The number of ether oxygens (including phenoxy) is 1. The second-order valence-electron chi connectivity index (χ2n) is 5.76. The molecular weight excluding hydrogens is 404 g/mol. The van der Waals surface area contributed by atoms with E-state index in [1.807, 2.05) is 0 Å². The Bertz CT molecular complexity index is 1080. The largest absolute Gasteiger partial charge is 0.477 e. The van der Waals surface area contributed by atoms with Gasteiger partial charge in [-0.3, -0.25) is 14.9 Å². The molecule has 0 bridgehead atoms. The van der Waals surface area contributed by atoms with Crippen LogP contribution in [0.1, 0.15) is 10.5 Å². The van der Waals surface area contributed by atoms with Crippen molar-refractivity contribution in [2.24, 2.45) is 0 Å². The molecule has 1 heterocycles. The van der Waals surface area contributed by atoms with Gasteiger partial charge in [-0.2, -0.15) is 5.10 Å². The Morgan fingerprint density at radius 1 is 1.17 bits per heavy atom. The lowest BCUT2D eigenvalue weighted by Gasteiger charge is -2.10. The third-order valence-corrected chi connectivity index (χ3v) is 3.92. The van der Waals surface area contributed by atoms with Gasteiger partial charge in [0.15, 0.2) is 0 Å². The maximum Gasteiger partial charge on any atom is 0.354 e. The number of carbonyl (C=O) groups is 2. The average Bonchev–Trinajstić information content (AvgIpc) is 3.11. The first-order valence-corrected chi connectivity index (χ1v) is 8.47. The van der Waals surface area contributed by atoms with Crippen molar-refractivity contribution in [3.05, 3.63) is 75.6 Å². The molecule has 10 nitrogen and oxygen atoms in total. The minimum atomic E-state index is -1.23. The summed E-state index contributed by atoms with van der Waals surface area (Å²) in [6.45, 7) is -0.384. The molecule has 1 amide bonds. The SMILES string of the molecule is O=C(Cn1nccc1C(=O)O)Nc1cc(Oc2ccc(Cl)cc2)cc([N+](=O)[O-])c1. The molecule has 2 N–H and O–H groups in total. The van der Waals surface area contributed by atoms with Crippen LogP contribution >= 0.6 is 11.6 Å². The van der Waals surface area contributed by atoms with Crippen molar-refractivity contribution >= 4 is 34.9 Å². The number of halogens is 1. The van der Waals surface area contributed by atoms with E-state index in [4.69, 9.17) is 21.4 Å². The van der Waals surface area contributed by atoms with Gasteiger partial charge in [-0.25, -0.2) is 9.48 Å². The first-order chi connectivity index (χ1) is 13.8. The second-order valence-corrected chi connectivity index (χ2v) is 6.19. The Hall–Kier alpha value is -3.92. The molecule has 1 aromatic heterocycles. The van der Waals surface area contributed by atoms with Crippen LogP contribution < -0.4 is 10.1 Å². The summed E-state index contributed by atoms with van der Waals surface area (Å²) in [4.78, 5) is 33.9. The number of carbonyl (C=O) groups excluding carboxylic acids is 1. The van der Waals surface area contributed by atoms with Gasteiger partial charge in [-0.1, -0.05) is 11.6 Å². The molecule has 0 radical (unpaired) electrons. The van der Waals surface area contributed by atoms with Gasteiger partial charge in [0.25, 0.3) is 5.69 Å². The minimum Gasteiger partial charge on any atom is -0.477 e. The first-order valence-electron chi connectivity index (χ1n) is 8.09. The summed E-state index contributed by atoms with van der Waals surface area (Å²) < 4.78 is 6.59. The number of nitrogens with one attached hydrogen (secondary N) is 1. The third kappa shape index (κ3) is 5.08. The Balaban J connectivity index is 1.80. The van der Waals surface area contributed by atoms with Crippen LogP contribution in [0.5, 0.6) is 11.5 Å². The molecule has 0 unspecified atom stereocenters. The highest BCUT2D eigenvalue weighted by Gasteiger charge is 2.16. The highest BCUT2D eigenvalue weighted by molar-refractivity contribution is 6.30. The van der Waals surface area contributed by atoms with Crippen molar-refractivity contribution < 1.29 is 24.4 Å². The maximum absolute atomic E-state index is 12.3. The molecule has 0 fully saturated rings. The van der Waals surface area contributed by atoms with Gasteiger partial charge in [0.05, 0.1) is 16.7 Å². The van der Waals surface area contributed by atoms with Crippen molar-refractivity contribution in [2.45, 2.75) is 6.54 Å². The van der Waals surface area contributed by atoms with E-state index in [0.717, 1.165) is 10.7 Å². The van der Waals surface area contributed by atoms with Crippen molar-refractivity contribution in [1.29, 1.82) is 0 Å². The number of carboxylic acid groups (broad SMARTS) is 1. The molecule has 0 aliphatic rings. The monoisotopic (exact) mass is 416 g/mol. The van der Waals surface area contributed by atoms with Gasteiger partial charge in [-0.05, 0) is 30.3 Å². The standard InChI is InChI=1S/C18H13ClN4O6/c19-11-1-3-14(4-2-11)29-15-8-12(7-13(9-15)23(27)28)21-17(24)10-22-16(18(25)26)5-6-20-22/h1-9H,10H2,(H,21,24)(H,25,26). The summed E-state index contributed by atoms with van der Waals surface area (Å²) >= 11 is 5.82. The number of rotatable bonds is 7. The van der Waals surface area contributed by atoms with Crippen molar-refractivity contribution in [1.82, 2.24) is 9.78 Å². The molecular formula is C18H13ClN4O6. The molecule has 29 heavy (non-hydrogen) atoms. The zero-order valence-electron chi connectivity index (χ0n) is 14.6. The first kappa shape index (κ1) is 19.8. The number of benzene rings is 2. The fourth-order valence-corrected chi connectivity index (χ4v) is 2.56. The predicted octanol–water partition coefficient (Wildman–Crippen LogP) is 3.57. The van der Waals surface area contributed by atoms with Gasteiger partial charge >= 0.3 is 5.97 Å². The summed E-state index contributed by atoms with van der Waals surface area (Å²) in [5.41, 5.74) is -0.347.